The normalized spacial score (nSPS) is 15.1. The number of rotatable bonds is 2. The van der Waals surface area contributed by atoms with E-state index in [0.717, 1.165) is 12.1 Å². The predicted octanol–water partition coefficient (Wildman–Crippen LogP) is 3.59. The van der Waals surface area contributed by atoms with Crippen molar-refractivity contribution in [2.45, 2.75) is 31.7 Å². The molecule has 0 aliphatic carbocycles. The van der Waals surface area contributed by atoms with Crippen LogP contribution in [0.25, 0.3) is 0 Å². The Labute approximate surface area is 107 Å². The predicted molar refractivity (Wildman–Crippen MR) is 66.9 cm³/mol. The Morgan fingerprint density at radius 2 is 1.61 bits per heavy atom. The molecule has 6 heteroatoms. The summed E-state index contributed by atoms with van der Waals surface area (Å²) in [4.78, 5) is 0. The molecule has 0 aliphatic rings. The van der Waals surface area contributed by atoms with Crippen molar-refractivity contribution in [3.8, 4) is 0 Å². The topological polar surface area (TPSA) is 35.4 Å². The van der Waals surface area contributed by atoms with Crippen molar-refractivity contribution in [3.63, 3.8) is 0 Å². The van der Waals surface area contributed by atoms with Gasteiger partial charge in [-0.05, 0) is 38.5 Å². The van der Waals surface area contributed by atoms with E-state index in [9.17, 15) is 17.7 Å². The minimum absolute atomic E-state index is 0.484. The first kappa shape index (κ1) is 15.0. The van der Waals surface area contributed by atoms with E-state index in [1.165, 1.54) is 18.3 Å². The van der Waals surface area contributed by atoms with Crippen molar-refractivity contribution in [1.82, 2.24) is 0 Å². The van der Waals surface area contributed by atoms with Gasteiger partial charge < -0.3 is 4.55 Å². The number of hydrogen-bond donors (Lipinski definition) is 0. The number of hydrogen-bond acceptors (Lipinski definition) is 2. The third-order valence-electron chi connectivity index (χ3n) is 2.06. The molecule has 0 heterocycles. The second-order valence-electron chi connectivity index (χ2n) is 4.72. The maximum Gasteiger partial charge on any atom is 0.416 e. The van der Waals surface area contributed by atoms with Crippen LogP contribution in [0.5, 0.6) is 0 Å². The van der Waals surface area contributed by atoms with Crippen LogP contribution < -0.4 is 0 Å². The maximum atomic E-state index is 12.3. The van der Waals surface area contributed by atoms with Gasteiger partial charge in [0.2, 0.25) is 0 Å². The molecular weight excluding hydrogens is 263 g/mol. The van der Waals surface area contributed by atoms with E-state index >= 15 is 0 Å². The summed E-state index contributed by atoms with van der Waals surface area (Å²) >= 11 is -1.41. The molecule has 0 saturated heterocycles. The van der Waals surface area contributed by atoms with Gasteiger partial charge in [0.15, 0.2) is 0 Å². The molecule has 2 nitrogen and oxygen atoms in total. The van der Waals surface area contributed by atoms with Gasteiger partial charge >= 0.3 is 6.18 Å². The fourth-order valence-electron chi connectivity index (χ4n) is 1.03. The molecule has 0 fully saturated rings. The van der Waals surface area contributed by atoms with Crippen molar-refractivity contribution >= 4 is 17.6 Å². The van der Waals surface area contributed by atoms with Crippen molar-refractivity contribution in [1.29, 1.82) is 0 Å². The highest BCUT2D eigenvalue weighted by atomic mass is 32.2. The van der Waals surface area contributed by atoms with Gasteiger partial charge in [-0.25, -0.2) is 0 Å². The molecule has 1 aromatic rings. The fraction of sp³-hybridized carbons (Fsp3) is 0.417. The lowest BCUT2D eigenvalue weighted by Crippen LogP contribution is -2.25. The third-order valence-corrected chi connectivity index (χ3v) is 3.40. The lowest BCUT2D eigenvalue weighted by Gasteiger charge is -2.17. The molecule has 1 atom stereocenters. The molecule has 0 bridgehead atoms. The molecule has 0 unspecified atom stereocenters. The Balaban J connectivity index is 2.79. The fourth-order valence-corrected chi connectivity index (χ4v) is 1.56. The largest absolute Gasteiger partial charge is 0.591 e. The van der Waals surface area contributed by atoms with Crippen molar-refractivity contribution < 1.29 is 17.7 Å². The van der Waals surface area contributed by atoms with Crippen LogP contribution in [-0.4, -0.2) is 15.5 Å². The Morgan fingerprint density at radius 3 is 2.00 bits per heavy atom. The highest BCUT2D eigenvalue weighted by Gasteiger charge is 2.30. The molecule has 18 heavy (non-hydrogen) atoms. The van der Waals surface area contributed by atoms with Gasteiger partial charge in [0, 0.05) is 0 Å². The first-order valence-electron chi connectivity index (χ1n) is 5.24. The zero-order valence-corrected chi connectivity index (χ0v) is 11.1. The molecule has 1 rings (SSSR count). The van der Waals surface area contributed by atoms with Gasteiger partial charge in [0.25, 0.3) is 0 Å². The minimum Gasteiger partial charge on any atom is -0.591 e. The molecule has 0 N–H and O–H groups in total. The lowest BCUT2D eigenvalue weighted by molar-refractivity contribution is -0.137. The van der Waals surface area contributed by atoms with Crippen molar-refractivity contribution in [2.24, 2.45) is 4.40 Å². The maximum absolute atomic E-state index is 12.3. The average Bonchev–Trinajstić information content (AvgIpc) is 2.24. The molecule has 1 aromatic carbocycles. The summed E-state index contributed by atoms with van der Waals surface area (Å²) in [5.74, 6) is 0. The van der Waals surface area contributed by atoms with E-state index < -0.39 is 27.8 Å². The van der Waals surface area contributed by atoms with E-state index in [0.29, 0.717) is 5.56 Å². The zero-order chi connectivity index (χ0) is 14.0. The highest BCUT2D eigenvalue weighted by Crippen LogP contribution is 2.28. The number of nitrogens with zero attached hydrogens (tertiary/aromatic N) is 1. The monoisotopic (exact) mass is 277 g/mol. The molecule has 0 spiro atoms. The van der Waals surface area contributed by atoms with E-state index in [1.807, 2.05) is 0 Å². The van der Waals surface area contributed by atoms with Crippen molar-refractivity contribution in [2.75, 3.05) is 0 Å². The van der Waals surface area contributed by atoms with Gasteiger partial charge in [0.1, 0.15) is 16.1 Å². The highest BCUT2D eigenvalue weighted by molar-refractivity contribution is 7.91. The number of halogens is 3. The van der Waals surface area contributed by atoms with Crippen LogP contribution in [0.4, 0.5) is 13.2 Å². The minimum atomic E-state index is -4.34. The van der Waals surface area contributed by atoms with Gasteiger partial charge in [-0.15, -0.1) is 0 Å². The summed E-state index contributed by atoms with van der Waals surface area (Å²) in [5, 5.41) is 0. The molecule has 0 aliphatic heterocycles. The SMILES string of the molecule is CC(C)(C)[S@@+]([O-])/N=C/c1ccc(C(F)(F)F)cc1. The summed E-state index contributed by atoms with van der Waals surface area (Å²) in [6.07, 6.45) is -3.02. The van der Waals surface area contributed by atoms with E-state index in [1.54, 1.807) is 20.8 Å². The quantitative estimate of drug-likeness (QED) is 0.601. The van der Waals surface area contributed by atoms with Crippen molar-refractivity contribution in [3.05, 3.63) is 35.4 Å². The van der Waals surface area contributed by atoms with E-state index in [4.69, 9.17) is 0 Å². The lowest BCUT2D eigenvalue weighted by atomic mass is 10.1. The Bertz CT molecular complexity index is 420. The van der Waals surface area contributed by atoms with Crippen LogP contribution in [0.1, 0.15) is 31.9 Å². The Hall–Kier alpha value is -1.01. The Kier molecular flexibility index (Phi) is 4.45. The van der Waals surface area contributed by atoms with Crippen LogP contribution >= 0.6 is 0 Å². The summed E-state index contributed by atoms with van der Waals surface area (Å²) in [6.45, 7) is 5.31. The van der Waals surface area contributed by atoms with Crippen LogP contribution in [0, 0.1) is 0 Å². The molecule has 0 amide bonds. The summed E-state index contributed by atoms with van der Waals surface area (Å²) in [6, 6.07) is 4.54. The first-order chi connectivity index (χ1) is 8.10. The second-order valence-corrected chi connectivity index (χ2v) is 6.65. The molecule has 100 valence electrons. The van der Waals surface area contributed by atoms with Gasteiger partial charge in [-0.1, -0.05) is 16.5 Å². The molecule has 0 aromatic heterocycles. The molecule has 0 saturated carbocycles. The molecular formula is C12H14F3NOS. The first-order valence-corrected chi connectivity index (χ1v) is 6.35. The second kappa shape index (κ2) is 5.32. The standard InChI is InChI=1S/C12H14F3NOS/c1-11(2,3)18(17)16-8-9-4-6-10(7-5-9)12(13,14)15/h4-8H,1-3H3/b16-8+/t18-/m1/s1. The summed E-state index contributed by atoms with van der Waals surface area (Å²) in [5.41, 5.74) is -0.225. The summed E-state index contributed by atoms with van der Waals surface area (Å²) < 4.78 is 51.9. The third kappa shape index (κ3) is 4.34. The number of alkyl halides is 3. The zero-order valence-electron chi connectivity index (χ0n) is 10.3. The smallest absolute Gasteiger partial charge is 0.416 e. The van der Waals surface area contributed by atoms with Crippen LogP contribution in [-0.2, 0) is 17.5 Å². The van der Waals surface area contributed by atoms with Gasteiger partial charge in [-0.3, -0.25) is 0 Å². The number of benzene rings is 1. The molecule has 0 radical (unpaired) electrons. The summed E-state index contributed by atoms with van der Waals surface area (Å²) in [7, 11) is 0. The van der Waals surface area contributed by atoms with Crippen LogP contribution in [0.15, 0.2) is 28.7 Å². The van der Waals surface area contributed by atoms with Gasteiger partial charge in [-0.2, -0.15) is 13.2 Å². The van der Waals surface area contributed by atoms with Gasteiger partial charge in [0.05, 0.1) is 11.8 Å². The van der Waals surface area contributed by atoms with Crippen LogP contribution in [0.2, 0.25) is 0 Å². The van der Waals surface area contributed by atoms with E-state index in [-0.39, 0.29) is 0 Å². The average molecular weight is 277 g/mol. The van der Waals surface area contributed by atoms with E-state index in [2.05, 4.69) is 4.40 Å². The Morgan fingerprint density at radius 1 is 1.11 bits per heavy atom. The van der Waals surface area contributed by atoms with Crippen LogP contribution in [0.3, 0.4) is 0 Å².